The summed E-state index contributed by atoms with van der Waals surface area (Å²) in [7, 11) is 0. The Labute approximate surface area is 120 Å². The molecule has 0 aromatic heterocycles. The van der Waals surface area contributed by atoms with Gasteiger partial charge in [0.25, 0.3) is 0 Å². The van der Waals surface area contributed by atoms with Crippen LogP contribution in [-0.2, 0) is 23.9 Å². The zero-order chi connectivity index (χ0) is 16.6. The minimum atomic E-state index is -3.04. The highest BCUT2D eigenvalue weighted by Gasteiger charge is 2.71. The van der Waals surface area contributed by atoms with Crippen LogP contribution in [0.25, 0.3) is 0 Å². The van der Waals surface area contributed by atoms with E-state index >= 15 is 0 Å². The van der Waals surface area contributed by atoms with Crippen molar-refractivity contribution in [2.45, 2.75) is 50.5 Å². The summed E-state index contributed by atoms with van der Waals surface area (Å²) in [6.07, 6.45) is -5.65. The number of hydrogen-bond acceptors (Lipinski definition) is 9. The zero-order valence-corrected chi connectivity index (χ0v) is 11.8. The van der Waals surface area contributed by atoms with E-state index in [0.29, 0.717) is 0 Å². The van der Waals surface area contributed by atoms with Gasteiger partial charge in [0.05, 0.1) is 6.61 Å². The molecule has 0 saturated carbocycles. The van der Waals surface area contributed by atoms with Gasteiger partial charge in [-0.2, -0.15) is 0 Å². The van der Waals surface area contributed by atoms with Crippen LogP contribution in [0.5, 0.6) is 0 Å². The van der Waals surface area contributed by atoms with Crippen LogP contribution in [0.2, 0.25) is 0 Å². The molecule has 4 N–H and O–H groups in total. The third-order valence-corrected chi connectivity index (χ3v) is 3.54. The van der Waals surface area contributed by atoms with Crippen molar-refractivity contribution in [2.24, 2.45) is 0 Å². The van der Waals surface area contributed by atoms with Gasteiger partial charge in [0, 0.05) is 6.92 Å². The largest absolute Gasteiger partial charge is 0.456 e. The number of hydrogen-bond donors (Lipinski definition) is 4. The summed E-state index contributed by atoms with van der Waals surface area (Å²) in [6, 6.07) is 0. The van der Waals surface area contributed by atoms with Crippen molar-refractivity contribution >= 4 is 17.5 Å². The molecule has 120 valence electrons. The number of Topliss-reactive ketones (excluding diaryl/α,β-unsaturated/α-hetero) is 2. The number of esters is 1. The van der Waals surface area contributed by atoms with Gasteiger partial charge in [-0.05, 0) is 13.8 Å². The van der Waals surface area contributed by atoms with Crippen molar-refractivity contribution < 1.29 is 44.3 Å². The fraction of sp³-hybridized carbons (Fsp3) is 0.750. The Balaban J connectivity index is 3.52. The quantitative estimate of drug-likeness (QED) is 0.406. The van der Waals surface area contributed by atoms with Crippen molar-refractivity contribution in [1.82, 2.24) is 0 Å². The molecule has 0 aromatic carbocycles. The molecule has 0 unspecified atom stereocenters. The predicted molar refractivity (Wildman–Crippen MR) is 64.8 cm³/mol. The summed E-state index contributed by atoms with van der Waals surface area (Å²) in [5.41, 5.74) is -6.00. The van der Waals surface area contributed by atoms with Crippen molar-refractivity contribution in [3.8, 4) is 0 Å². The van der Waals surface area contributed by atoms with Crippen LogP contribution < -0.4 is 0 Å². The number of carbonyl (C=O) groups is 3. The van der Waals surface area contributed by atoms with Crippen molar-refractivity contribution in [2.75, 3.05) is 6.61 Å². The minimum absolute atomic E-state index is 0.824. The maximum absolute atomic E-state index is 11.8. The molecule has 1 aliphatic rings. The fourth-order valence-corrected chi connectivity index (χ4v) is 2.40. The number of carbonyl (C=O) groups excluding carboxylic acids is 3. The summed E-state index contributed by atoms with van der Waals surface area (Å²) < 4.78 is 9.56. The smallest absolute Gasteiger partial charge is 0.303 e. The first-order chi connectivity index (χ1) is 9.53. The number of aliphatic hydroxyl groups is 4. The van der Waals surface area contributed by atoms with Gasteiger partial charge < -0.3 is 29.9 Å². The van der Waals surface area contributed by atoms with Gasteiger partial charge in [-0.1, -0.05) is 0 Å². The van der Waals surface area contributed by atoms with E-state index in [4.69, 9.17) is 9.47 Å². The van der Waals surface area contributed by atoms with Crippen molar-refractivity contribution in [1.29, 1.82) is 0 Å². The lowest BCUT2D eigenvalue weighted by Crippen LogP contribution is -2.79. The molecule has 9 nitrogen and oxygen atoms in total. The van der Waals surface area contributed by atoms with Gasteiger partial charge in [-0.15, -0.1) is 0 Å². The number of aliphatic hydroxyl groups excluding tert-OH is 2. The second-order valence-electron chi connectivity index (χ2n) is 4.88. The average molecular weight is 306 g/mol. The molecular formula is C12H18O9. The van der Waals surface area contributed by atoms with E-state index < -0.39 is 53.8 Å². The van der Waals surface area contributed by atoms with Gasteiger partial charge in [0.15, 0.2) is 24.0 Å². The normalized spacial score (nSPS) is 39.7. The molecule has 0 amide bonds. The van der Waals surface area contributed by atoms with Crippen molar-refractivity contribution in [3.05, 3.63) is 0 Å². The van der Waals surface area contributed by atoms with Crippen LogP contribution >= 0.6 is 0 Å². The summed E-state index contributed by atoms with van der Waals surface area (Å²) in [5, 5.41) is 39.9. The SMILES string of the molecule is CC(=O)O[C@@H]1[C@@H](CO)O[C@H](O)[C@@](O)(C(C)=O)[C@]1(O)C(C)=O. The fourth-order valence-electron chi connectivity index (χ4n) is 2.40. The first-order valence-electron chi connectivity index (χ1n) is 6.11. The second kappa shape index (κ2) is 5.78. The maximum Gasteiger partial charge on any atom is 0.303 e. The van der Waals surface area contributed by atoms with Gasteiger partial charge in [-0.25, -0.2) is 0 Å². The van der Waals surface area contributed by atoms with Gasteiger partial charge in [0.2, 0.25) is 11.2 Å². The molecule has 9 heteroatoms. The molecule has 1 rings (SSSR count). The lowest BCUT2D eigenvalue weighted by Gasteiger charge is -2.51. The minimum Gasteiger partial charge on any atom is -0.456 e. The van der Waals surface area contributed by atoms with Crippen LogP contribution in [0.15, 0.2) is 0 Å². The Morgan fingerprint density at radius 1 is 1.10 bits per heavy atom. The van der Waals surface area contributed by atoms with Crippen LogP contribution in [-0.4, -0.2) is 74.3 Å². The molecule has 0 bridgehead atoms. The summed E-state index contributed by atoms with van der Waals surface area (Å²) in [5.74, 6) is -3.24. The highest BCUT2D eigenvalue weighted by atomic mass is 16.7. The molecule has 0 aromatic rings. The van der Waals surface area contributed by atoms with E-state index in [2.05, 4.69) is 0 Å². The number of rotatable bonds is 4. The molecule has 0 radical (unpaired) electrons. The standard InChI is InChI=1S/C12H18O9/c1-5(14)11(18)9(20-7(3)16)8(4-13)21-10(17)12(11,19)6(2)15/h8-10,13,17-19H,4H2,1-3H3/t8-,9-,10+,11+,12+/m1/s1. The average Bonchev–Trinajstić information content (AvgIpc) is 2.38. The number of ether oxygens (including phenoxy) is 2. The highest BCUT2D eigenvalue weighted by molar-refractivity contribution is 5.98. The van der Waals surface area contributed by atoms with Crippen molar-refractivity contribution in [3.63, 3.8) is 0 Å². The molecule has 21 heavy (non-hydrogen) atoms. The van der Waals surface area contributed by atoms with E-state index in [1.165, 1.54) is 0 Å². The maximum atomic E-state index is 11.8. The Hall–Kier alpha value is -1.39. The Bertz CT molecular complexity index is 462. The molecule has 1 saturated heterocycles. The molecule has 1 aliphatic heterocycles. The first kappa shape index (κ1) is 17.7. The van der Waals surface area contributed by atoms with Crippen LogP contribution in [0.4, 0.5) is 0 Å². The van der Waals surface area contributed by atoms with E-state index in [9.17, 15) is 34.8 Å². The van der Waals surface area contributed by atoms with Crippen LogP contribution in [0, 0.1) is 0 Å². The molecule has 0 spiro atoms. The third-order valence-electron chi connectivity index (χ3n) is 3.54. The lowest BCUT2D eigenvalue weighted by atomic mass is 9.69. The Morgan fingerprint density at radius 2 is 1.57 bits per heavy atom. The predicted octanol–water partition coefficient (Wildman–Crippen LogP) is -2.73. The van der Waals surface area contributed by atoms with Crippen LogP contribution in [0.3, 0.4) is 0 Å². The monoisotopic (exact) mass is 306 g/mol. The lowest BCUT2D eigenvalue weighted by molar-refractivity contribution is -0.340. The van der Waals surface area contributed by atoms with E-state index in [1.807, 2.05) is 0 Å². The molecular weight excluding hydrogens is 288 g/mol. The zero-order valence-electron chi connectivity index (χ0n) is 11.8. The van der Waals surface area contributed by atoms with E-state index in [-0.39, 0.29) is 0 Å². The van der Waals surface area contributed by atoms with E-state index in [0.717, 1.165) is 20.8 Å². The summed E-state index contributed by atoms with van der Waals surface area (Å²) in [4.78, 5) is 34.6. The second-order valence-corrected chi connectivity index (χ2v) is 4.88. The van der Waals surface area contributed by atoms with Gasteiger partial charge in [0.1, 0.15) is 6.10 Å². The molecule has 1 heterocycles. The van der Waals surface area contributed by atoms with Gasteiger partial charge >= 0.3 is 5.97 Å². The third kappa shape index (κ3) is 2.47. The first-order valence-corrected chi connectivity index (χ1v) is 6.11. The van der Waals surface area contributed by atoms with E-state index in [1.54, 1.807) is 0 Å². The highest BCUT2D eigenvalue weighted by Crippen LogP contribution is 2.40. The summed E-state index contributed by atoms with van der Waals surface area (Å²) in [6.45, 7) is 1.80. The van der Waals surface area contributed by atoms with Gasteiger partial charge in [-0.3, -0.25) is 14.4 Å². The van der Waals surface area contributed by atoms with Crippen LogP contribution in [0.1, 0.15) is 20.8 Å². The molecule has 0 aliphatic carbocycles. The Kier molecular flexibility index (Phi) is 4.86. The Morgan fingerprint density at radius 3 is 1.90 bits per heavy atom. The molecule has 1 fully saturated rings. The number of ketones is 2. The topological polar surface area (TPSA) is 151 Å². The summed E-state index contributed by atoms with van der Waals surface area (Å²) >= 11 is 0. The molecule has 5 atom stereocenters.